The van der Waals surface area contributed by atoms with Crippen molar-refractivity contribution in [3.05, 3.63) is 77.4 Å². The zero-order chi connectivity index (χ0) is 24.4. The molecule has 35 heavy (non-hydrogen) atoms. The van der Waals surface area contributed by atoms with Crippen LogP contribution in [-0.2, 0) is 5.60 Å². The Bertz CT molecular complexity index is 1300. The predicted molar refractivity (Wildman–Crippen MR) is 143 cm³/mol. The number of piperidine rings is 1. The van der Waals surface area contributed by atoms with Crippen LogP contribution in [-0.4, -0.2) is 51.6 Å². The van der Waals surface area contributed by atoms with E-state index in [0.29, 0.717) is 18.8 Å². The van der Waals surface area contributed by atoms with Crippen LogP contribution in [0.3, 0.4) is 0 Å². The molecule has 6 nitrogen and oxygen atoms in total. The van der Waals surface area contributed by atoms with E-state index in [1.807, 2.05) is 30.5 Å². The van der Waals surface area contributed by atoms with Crippen LogP contribution >= 0.6 is 11.3 Å². The third-order valence-corrected chi connectivity index (χ3v) is 7.90. The Hall–Kier alpha value is -3.13. The van der Waals surface area contributed by atoms with Crippen molar-refractivity contribution in [3.8, 4) is 21.8 Å². The first-order valence-electron chi connectivity index (χ1n) is 12.1. The summed E-state index contributed by atoms with van der Waals surface area (Å²) < 4.78 is 0. The fourth-order valence-electron chi connectivity index (χ4n) is 4.54. The first-order chi connectivity index (χ1) is 17.0. The van der Waals surface area contributed by atoms with E-state index in [1.54, 1.807) is 11.3 Å². The fourth-order valence-corrected chi connectivity index (χ4v) is 5.74. The van der Waals surface area contributed by atoms with Gasteiger partial charge in [0.15, 0.2) is 0 Å². The van der Waals surface area contributed by atoms with Crippen LogP contribution in [0.5, 0.6) is 0 Å². The minimum Gasteiger partial charge on any atom is -0.383 e. The summed E-state index contributed by atoms with van der Waals surface area (Å²) >= 11 is 1.56. The number of hydrogen-bond donors (Lipinski definition) is 1. The Labute approximate surface area is 210 Å². The lowest BCUT2D eigenvalue weighted by Crippen LogP contribution is -2.40. The second kappa shape index (κ2) is 9.85. The van der Waals surface area contributed by atoms with Gasteiger partial charge in [0.2, 0.25) is 5.95 Å². The third kappa shape index (κ3) is 4.85. The zero-order valence-corrected chi connectivity index (χ0v) is 21.3. The van der Waals surface area contributed by atoms with Gasteiger partial charge in [0.05, 0.1) is 16.3 Å². The minimum absolute atomic E-state index is 0.652. The van der Waals surface area contributed by atoms with Gasteiger partial charge in [-0.3, -0.25) is 0 Å². The number of anilines is 2. The molecule has 1 N–H and O–H groups in total. The van der Waals surface area contributed by atoms with Crippen molar-refractivity contribution in [1.82, 2.24) is 19.9 Å². The number of nitrogens with zero attached hydrogens (tertiary/aromatic N) is 5. The fraction of sp³-hybridized carbons (Fsp3) is 0.321. The molecule has 1 saturated heterocycles. The molecule has 0 radical (unpaired) electrons. The number of rotatable bonds is 6. The molecule has 2 aromatic carbocycles. The van der Waals surface area contributed by atoms with Gasteiger partial charge in [-0.05, 0) is 58.0 Å². The van der Waals surface area contributed by atoms with E-state index in [4.69, 9.17) is 9.97 Å². The van der Waals surface area contributed by atoms with Crippen molar-refractivity contribution in [2.24, 2.45) is 0 Å². The lowest BCUT2D eigenvalue weighted by atomic mass is 9.92. The minimum atomic E-state index is -0.913. The van der Waals surface area contributed by atoms with Crippen molar-refractivity contribution >= 4 is 23.0 Å². The Morgan fingerprint density at radius 3 is 2.51 bits per heavy atom. The highest BCUT2D eigenvalue weighted by Crippen LogP contribution is 2.43. The van der Waals surface area contributed by atoms with Crippen LogP contribution in [0.15, 0.2) is 66.9 Å². The molecule has 0 aliphatic carbocycles. The molecule has 4 aromatic rings. The molecule has 0 bridgehead atoms. The van der Waals surface area contributed by atoms with Gasteiger partial charge >= 0.3 is 0 Å². The van der Waals surface area contributed by atoms with Crippen LogP contribution in [0.4, 0.5) is 11.6 Å². The normalized spacial score (nSPS) is 15.8. The van der Waals surface area contributed by atoms with Gasteiger partial charge in [0, 0.05) is 37.1 Å². The van der Waals surface area contributed by atoms with Gasteiger partial charge in [-0.1, -0.05) is 42.0 Å². The third-order valence-electron chi connectivity index (χ3n) is 6.63. The van der Waals surface area contributed by atoms with Gasteiger partial charge in [-0.2, -0.15) is 0 Å². The lowest BCUT2D eigenvalue weighted by molar-refractivity contribution is -0.0203. The summed E-state index contributed by atoms with van der Waals surface area (Å²) in [7, 11) is 2.10. The maximum Gasteiger partial charge on any atom is 0.230 e. The molecule has 0 amide bonds. The smallest absolute Gasteiger partial charge is 0.230 e. The number of benzene rings is 2. The molecule has 1 aliphatic heterocycles. The molecule has 180 valence electrons. The molecule has 3 heterocycles. The number of thiazole rings is 1. The largest absolute Gasteiger partial charge is 0.383 e. The average molecular weight is 486 g/mol. The van der Waals surface area contributed by atoms with Crippen molar-refractivity contribution in [2.75, 3.05) is 31.6 Å². The van der Waals surface area contributed by atoms with Crippen molar-refractivity contribution in [3.63, 3.8) is 0 Å². The molecule has 1 aliphatic rings. The van der Waals surface area contributed by atoms with E-state index in [9.17, 15) is 5.11 Å². The molecule has 0 spiro atoms. The van der Waals surface area contributed by atoms with E-state index in [1.165, 1.54) is 5.56 Å². The number of hydrogen-bond acceptors (Lipinski definition) is 7. The second-order valence-corrected chi connectivity index (χ2v) is 10.2. The van der Waals surface area contributed by atoms with Crippen LogP contribution < -0.4 is 4.90 Å². The quantitative estimate of drug-likeness (QED) is 0.381. The first kappa shape index (κ1) is 23.6. The Morgan fingerprint density at radius 2 is 1.80 bits per heavy atom. The van der Waals surface area contributed by atoms with Gasteiger partial charge < -0.3 is 14.9 Å². The molecule has 0 unspecified atom stereocenters. The maximum atomic E-state index is 11.6. The van der Waals surface area contributed by atoms with Crippen LogP contribution in [0.25, 0.3) is 21.8 Å². The average Bonchev–Trinajstić information content (AvgIpc) is 3.34. The molecular formula is C28H31N5OS. The van der Waals surface area contributed by atoms with E-state index in [0.717, 1.165) is 52.2 Å². The van der Waals surface area contributed by atoms with Crippen LogP contribution in [0.1, 0.15) is 30.3 Å². The van der Waals surface area contributed by atoms with Gasteiger partial charge in [0.25, 0.3) is 0 Å². The highest BCUT2D eigenvalue weighted by molar-refractivity contribution is 7.15. The Morgan fingerprint density at radius 1 is 1.03 bits per heavy atom. The maximum absolute atomic E-state index is 11.6. The Kier molecular flexibility index (Phi) is 6.65. The molecule has 0 saturated carbocycles. The van der Waals surface area contributed by atoms with Crippen LogP contribution in [0, 0.1) is 6.92 Å². The highest BCUT2D eigenvalue weighted by atomic mass is 32.1. The van der Waals surface area contributed by atoms with Gasteiger partial charge in [0.1, 0.15) is 10.6 Å². The molecule has 0 atom stereocenters. The monoisotopic (exact) mass is 485 g/mol. The van der Waals surface area contributed by atoms with E-state index < -0.39 is 5.60 Å². The standard InChI is InChI=1S/C28H31N5OS/c1-4-33(22-11-6-5-7-12-22)27-29-16-13-23(30-27)25-24(21-10-8-9-20(2)19-21)31-26(35-25)28(34)14-17-32(3)18-15-28/h5-13,16,19,34H,4,14-15,17-18H2,1-3H3. The summed E-state index contributed by atoms with van der Waals surface area (Å²) in [4.78, 5) is 19.9. The van der Waals surface area contributed by atoms with Crippen molar-refractivity contribution in [1.29, 1.82) is 0 Å². The van der Waals surface area contributed by atoms with E-state index >= 15 is 0 Å². The van der Waals surface area contributed by atoms with Crippen LogP contribution in [0.2, 0.25) is 0 Å². The molecule has 7 heteroatoms. The highest BCUT2D eigenvalue weighted by Gasteiger charge is 2.37. The van der Waals surface area contributed by atoms with E-state index in [2.05, 4.69) is 72.1 Å². The predicted octanol–water partition coefficient (Wildman–Crippen LogP) is 5.65. The lowest BCUT2D eigenvalue weighted by Gasteiger charge is -2.34. The number of likely N-dealkylation sites (tertiary alicyclic amines) is 1. The van der Waals surface area contributed by atoms with Gasteiger partial charge in [-0.15, -0.1) is 11.3 Å². The summed E-state index contributed by atoms with van der Waals surface area (Å²) in [6.07, 6.45) is 3.17. The number of aliphatic hydroxyl groups is 1. The Balaban J connectivity index is 1.61. The molecule has 5 rings (SSSR count). The van der Waals surface area contributed by atoms with Crippen molar-refractivity contribution < 1.29 is 5.11 Å². The summed E-state index contributed by atoms with van der Waals surface area (Å²) in [5.74, 6) is 0.652. The molecular weight excluding hydrogens is 454 g/mol. The van der Waals surface area contributed by atoms with Gasteiger partial charge in [-0.25, -0.2) is 15.0 Å². The summed E-state index contributed by atoms with van der Waals surface area (Å²) in [5.41, 5.74) is 4.04. The first-order valence-corrected chi connectivity index (χ1v) is 12.9. The SMILES string of the molecule is CCN(c1ccccc1)c1nccc(-c2sc(C3(O)CCN(C)CC3)nc2-c2cccc(C)c2)n1. The topological polar surface area (TPSA) is 65.4 Å². The molecule has 2 aromatic heterocycles. The number of aromatic nitrogens is 3. The summed E-state index contributed by atoms with van der Waals surface area (Å²) in [6, 6.07) is 20.5. The number of aryl methyl sites for hydroxylation is 1. The second-order valence-electron chi connectivity index (χ2n) is 9.22. The zero-order valence-electron chi connectivity index (χ0n) is 20.5. The molecule has 1 fully saturated rings. The summed E-state index contributed by atoms with van der Waals surface area (Å²) in [6.45, 7) is 6.64. The van der Waals surface area contributed by atoms with E-state index in [-0.39, 0.29) is 0 Å². The van der Waals surface area contributed by atoms with Crippen molar-refractivity contribution in [2.45, 2.75) is 32.3 Å². The number of para-hydroxylation sites is 1. The summed E-state index contributed by atoms with van der Waals surface area (Å²) in [5, 5.41) is 12.3.